The van der Waals surface area contributed by atoms with Crippen molar-refractivity contribution >= 4 is 11.7 Å². The standard InChI is InChI=1S/C12H11FN4O2/c13-10-2-1-9(17-12(14)18)5-8(10)7-19-11-6-15-3-4-16-11/h1-6H,7H2,(H3,14,17,18). The molecular formula is C12H11FN4O2. The third-order valence-electron chi connectivity index (χ3n) is 2.23. The van der Waals surface area contributed by atoms with Crippen molar-refractivity contribution in [1.29, 1.82) is 0 Å². The maximum Gasteiger partial charge on any atom is 0.316 e. The third-order valence-corrected chi connectivity index (χ3v) is 2.23. The molecule has 2 aromatic rings. The number of amides is 2. The van der Waals surface area contributed by atoms with Gasteiger partial charge < -0.3 is 15.8 Å². The zero-order chi connectivity index (χ0) is 13.7. The van der Waals surface area contributed by atoms with E-state index in [0.717, 1.165) is 0 Å². The smallest absolute Gasteiger partial charge is 0.316 e. The summed E-state index contributed by atoms with van der Waals surface area (Å²) in [5, 5.41) is 2.36. The number of rotatable bonds is 4. The average Bonchev–Trinajstić information content (AvgIpc) is 2.40. The number of primary amides is 1. The van der Waals surface area contributed by atoms with E-state index < -0.39 is 11.8 Å². The summed E-state index contributed by atoms with van der Waals surface area (Å²) in [4.78, 5) is 18.4. The van der Waals surface area contributed by atoms with Crippen LogP contribution in [0.4, 0.5) is 14.9 Å². The van der Waals surface area contributed by atoms with Gasteiger partial charge in [0.15, 0.2) is 0 Å². The van der Waals surface area contributed by atoms with E-state index in [1.807, 2.05) is 0 Å². The van der Waals surface area contributed by atoms with E-state index in [1.54, 1.807) is 0 Å². The van der Waals surface area contributed by atoms with Crippen LogP contribution in [0.2, 0.25) is 0 Å². The molecule has 0 fully saturated rings. The maximum absolute atomic E-state index is 13.5. The Kier molecular flexibility index (Phi) is 3.87. The van der Waals surface area contributed by atoms with Crippen LogP contribution in [-0.2, 0) is 6.61 Å². The number of carbonyl (C=O) groups is 1. The van der Waals surface area contributed by atoms with E-state index in [9.17, 15) is 9.18 Å². The first kappa shape index (κ1) is 12.7. The second-order valence-corrected chi connectivity index (χ2v) is 3.63. The number of carbonyl (C=O) groups excluding carboxylic acids is 1. The van der Waals surface area contributed by atoms with Gasteiger partial charge in [0.1, 0.15) is 12.4 Å². The van der Waals surface area contributed by atoms with Crippen LogP contribution in [0.15, 0.2) is 36.8 Å². The van der Waals surface area contributed by atoms with Gasteiger partial charge in [-0.1, -0.05) is 0 Å². The van der Waals surface area contributed by atoms with E-state index in [4.69, 9.17) is 10.5 Å². The molecular weight excluding hydrogens is 251 g/mol. The Labute approximate surface area is 108 Å². The molecule has 3 N–H and O–H groups in total. The van der Waals surface area contributed by atoms with Gasteiger partial charge >= 0.3 is 6.03 Å². The van der Waals surface area contributed by atoms with Crippen molar-refractivity contribution in [2.45, 2.75) is 6.61 Å². The van der Waals surface area contributed by atoms with Crippen molar-refractivity contribution in [3.63, 3.8) is 0 Å². The lowest BCUT2D eigenvalue weighted by Crippen LogP contribution is -2.19. The molecule has 2 rings (SSSR count). The molecule has 0 bridgehead atoms. The molecule has 0 aliphatic rings. The zero-order valence-corrected chi connectivity index (χ0v) is 9.84. The molecule has 19 heavy (non-hydrogen) atoms. The molecule has 1 aromatic carbocycles. The van der Waals surface area contributed by atoms with Crippen LogP contribution < -0.4 is 15.8 Å². The fourth-order valence-electron chi connectivity index (χ4n) is 1.42. The van der Waals surface area contributed by atoms with Gasteiger partial charge in [0.2, 0.25) is 5.88 Å². The summed E-state index contributed by atoms with van der Waals surface area (Å²) in [6.07, 6.45) is 4.39. The van der Waals surface area contributed by atoms with E-state index in [-0.39, 0.29) is 18.1 Å². The number of aromatic nitrogens is 2. The molecule has 0 radical (unpaired) electrons. The number of halogens is 1. The van der Waals surface area contributed by atoms with Crippen LogP contribution >= 0.6 is 0 Å². The fraction of sp³-hybridized carbons (Fsp3) is 0.0833. The summed E-state index contributed by atoms with van der Waals surface area (Å²) in [5.41, 5.74) is 5.65. The van der Waals surface area contributed by atoms with E-state index >= 15 is 0 Å². The third kappa shape index (κ3) is 3.63. The predicted octanol–water partition coefficient (Wildman–Crippen LogP) is 1.69. The highest BCUT2D eigenvalue weighted by Gasteiger charge is 2.06. The largest absolute Gasteiger partial charge is 0.472 e. The molecule has 0 aliphatic carbocycles. The first-order valence-electron chi connectivity index (χ1n) is 5.39. The van der Waals surface area contributed by atoms with Crippen molar-refractivity contribution in [2.24, 2.45) is 5.73 Å². The number of ether oxygens (including phenoxy) is 1. The number of hydrogen-bond donors (Lipinski definition) is 2. The number of benzene rings is 1. The van der Waals surface area contributed by atoms with Crippen molar-refractivity contribution < 1.29 is 13.9 Å². The molecule has 0 spiro atoms. The highest BCUT2D eigenvalue weighted by Crippen LogP contribution is 2.16. The fourth-order valence-corrected chi connectivity index (χ4v) is 1.42. The van der Waals surface area contributed by atoms with Crippen LogP contribution in [0.5, 0.6) is 5.88 Å². The lowest BCUT2D eigenvalue weighted by Gasteiger charge is -2.08. The average molecular weight is 262 g/mol. The van der Waals surface area contributed by atoms with Crippen molar-refractivity contribution in [2.75, 3.05) is 5.32 Å². The highest BCUT2D eigenvalue weighted by molar-refractivity contribution is 5.87. The Morgan fingerprint density at radius 2 is 2.26 bits per heavy atom. The van der Waals surface area contributed by atoms with Gasteiger partial charge in [-0.25, -0.2) is 14.2 Å². The summed E-state index contributed by atoms with van der Waals surface area (Å²) in [6.45, 7) is -0.0290. The van der Waals surface area contributed by atoms with Gasteiger partial charge in [-0.3, -0.25) is 4.98 Å². The van der Waals surface area contributed by atoms with Gasteiger partial charge in [-0.2, -0.15) is 0 Å². The van der Waals surface area contributed by atoms with E-state index in [1.165, 1.54) is 36.8 Å². The Bertz CT molecular complexity index is 577. The number of urea groups is 1. The van der Waals surface area contributed by atoms with E-state index in [0.29, 0.717) is 5.69 Å². The lowest BCUT2D eigenvalue weighted by molar-refractivity contribution is 0.259. The minimum atomic E-state index is -0.715. The SMILES string of the molecule is NC(=O)Nc1ccc(F)c(COc2cnccn2)c1. The van der Waals surface area contributed by atoms with Crippen molar-refractivity contribution in [3.8, 4) is 5.88 Å². The zero-order valence-electron chi connectivity index (χ0n) is 9.84. The molecule has 1 aromatic heterocycles. The van der Waals surface area contributed by atoms with Crippen molar-refractivity contribution in [1.82, 2.24) is 9.97 Å². The Morgan fingerprint density at radius 1 is 1.42 bits per heavy atom. The number of anilines is 1. The van der Waals surface area contributed by atoms with Crippen LogP contribution in [0.3, 0.4) is 0 Å². The van der Waals surface area contributed by atoms with Gasteiger partial charge in [-0.05, 0) is 18.2 Å². The van der Waals surface area contributed by atoms with Gasteiger partial charge in [0, 0.05) is 23.6 Å². The molecule has 0 saturated carbocycles. The summed E-state index contributed by atoms with van der Waals surface area (Å²) < 4.78 is 18.8. The topological polar surface area (TPSA) is 90.1 Å². The summed E-state index contributed by atoms with van der Waals surface area (Å²) >= 11 is 0. The van der Waals surface area contributed by atoms with Crippen molar-refractivity contribution in [3.05, 3.63) is 48.2 Å². The van der Waals surface area contributed by atoms with Crippen LogP contribution in [0.25, 0.3) is 0 Å². The maximum atomic E-state index is 13.5. The second kappa shape index (κ2) is 5.76. The van der Waals surface area contributed by atoms with Gasteiger partial charge in [0.05, 0.1) is 6.20 Å². The molecule has 0 atom stereocenters. The molecule has 0 aliphatic heterocycles. The number of nitrogens with zero attached hydrogens (tertiary/aromatic N) is 2. The molecule has 0 saturated heterocycles. The summed E-state index contributed by atoms with van der Waals surface area (Å²) in [6, 6.07) is 3.36. The minimum Gasteiger partial charge on any atom is -0.472 e. The molecule has 0 unspecified atom stereocenters. The number of nitrogens with one attached hydrogen (secondary N) is 1. The van der Waals surface area contributed by atoms with Crippen LogP contribution in [0, 0.1) is 5.82 Å². The summed E-state index contributed by atoms with van der Waals surface area (Å²) in [7, 11) is 0. The lowest BCUT2D eigenvalue weighted by atomic mass is 10.2. The van der Waals surface area contributed by atoms with Crippen LogP contribution in [0.1, 0.15) is 5.56 Å². The predicted molar refractivity (Wildman–Crippen MR) is 66.0 cm³/mol. The van der Waals surface area contributed by atoms with Gasteiger partial charge in [-0.15, -0.1) is 0 Å². The molecule has 7 heteroatoms. The quantitative estimate of drug-likeness (QED) is 0.877. The monoisotopic (exact) mass is 262 g/mol. The number of hydrogen-bond acceptors (Lipinski definition) is 4. The Hall–Kier alpha value is -2.70. The van der Waals surface area contributed by atoms with Gasteiger partial charge in [0.25, 0.3) is 0 Å². The molecule has 2 amide bonds. The molecule has 1 heterocycles. The minimum absolute atomic E-state index is 0.0290. The molecule has 6 nitrogen and oxygen atoms in total. The highest BCUT2D eigenvalue weighted by atomic mass is 19.1. The Morgan fingerprint density at radius 3 is 2.95 bits per heavy atom. The normalized spacial score (nSPS) is 9.95. The number of nitrogens with two attached hydrogens (primary N) is 1. The summed E-state index contributed by atoms with van der Waals surface area (Å²) in [5.74, 6) is -0.158. The van der Waals surface area contributed by atoms with E-state index in [2.05, 4.69) is 15.3 Å². The Balaban J connectivity index is 2.08. The second-order valence-electron chi connectivity index (χ2n) is 3.63. The molecule has 98 valence electrons. The first-order chi connectivity index (χ1) is 9.15. The van der Waals surface area contributed by atoms with Crippen LogP contribution in [-0.4, -0.2) is 16.0 Å². The first-order valence-corrected chi connectivity index (χ1v) is 5.39.